The number of nitrogens with two attached hydrogens (primary N) is 1. The van der Waals surface area contributed by atoms with E-state index in [0.29, 0.717) is 0 Å². The summed E-state index contributed by atoms with van der Waals surface area (Å²) in [5.74, 6) is 0. The molecule has 2 heteroatoms. The number of aryl methyl sites for hydroxylation is 1. The molecule has 0 fully saturated rings. The van der Waals surface area contributed by atoms with Gasteiger partial charge in [0.2, 0.25) is 0 Å². The summed E-state index contributed by atoms with van der Waals surface area (Å²) < 4.78 is 0. The number of unbranched alkanes of at least 4 members (excludes halogenated alkanes) is 12. The molecule has 0 aliphatic heterocycles. The molecule has 0 radical (unpaired) electrons. The number of nitrogen functional groups attached to an aromatic ring is 1. The van der Waals surface area contributed by atoms with Crippen molar-refractivity contribution < 1.29 is 0 Å². The average molecular weight is 396 g/mol. The second kappa shape index (κ2) is 16.3. The summed E-state index contributed by atoms with van der Waals surface area (Å²) in [7, 11) is 0. The van der Waals surface area contributed by atoms with E-state index >= 15 is 0 Å². The standard InChI is InChI=1S/C25H45N.ClH/c1-5-7-8-9-10-11-12-13-14-15-16-17-18-19-23-20-25(26)24(6-2)22(4)21(23)3;/h20H,5-19,26H2,1-4H3;1H. The maximum Gasteiger partial charge on any atom is 0.0352 e. The van der Waals surface area contributed by atoms with Gasteiger partial charge in [-0.05, 0) is 61.4 Å². The second-order valence-electron chi connectivity index (χ2n) is 8.20. The third-order valence-corrected chi connectivity index (χ3v) is 6.08. The Morgan fingerprint density at radius 2 is 1.11 bits per heavy atom. The monoisotopic (exact) mass is 395 g/mol. The first-order valence-electron chi connectivity index (χ1n) is 11.5. The van der Waals surface area contributed by atoms with Crippen molar-refractivity contribution in [3.8, 4) is 0 Å². The maximum atomic E-state index is 6.25. The minimum atomic E-state index is 0. The molecular weight excluding hydrogens is 350 g/mol. The largest absolute Gasteiger partial charge is 0.398 e. The molecule has 0 spiro atoms. The molecule has 0 atom stereocenters. The Morgan fingerprint density at radius 3 is 1.56 bits per heavy atom. The van der Waals surface area contributed by atoms with Crippen molar-refractivity contribution in [3.05, 3.63) is 28.3 Å². The van der Waals surface area contributed by atoms with Gasteiger partial charge in [0.15, 0.2) is 0 Å². The Kier molecular flexibility index (Phi) is 15.9. The smallest absolute Gasteiger partial charge is 0.0352 e. The van der Waals surface area contributed by atoms with Gasteiger partial charge in [0, 0.05) is 5.69 Å². The van der Waals surface area contributed by atoms with Crippen LogP contribution < -0.4 is 5.73 Å². The zero-order chi connectivity index (χ0) is 19.2. The summed E-state index contributed by atoms with van der Waals surface area (Å²) in [6.07, 6.45) is 20.7. The Bertz CT molecular complexity index is 496. The molecule has 2 N–H and O–H groups in total. The first-order chi connectivity index (χ1) is 12.6. The summed E-state index contributed by atoms with van der Waals surface area (Å²) in [6.45, 7) is 8.99. The molecule has 0 aliphatic rings. The van der Waals surface area contributed by atoms with Crippen molar-refractivity contribution in [2.75, 3.05) is 5.73 Å². The summed E-state index contributed by atoms with van der Waals surface area (Å²) >= 11 is 0. The second-order valence-corrected chi connectivity index (χ2v) is 8.20. The van der Waals surface area contributed by atoms with E-state index in [1.807, 2.05) is 0 Å². The normalized spacial score (nSPS) is 10.8. The number of rotatable bonds is 15. The fraction of sp³-hybridized carbons (Fsp3) is 0.760. The highest BCUT2D eigenvalue weighted by Gasteiger charge is 2.09. The van der Waals surface area contributed by atoms with Crippen LogP contribution in [0, 0.1) is 13.8 Å². The lowest BCUT2D eigenvalue weighted by Crippen LogP contribution is -2.02. The van der Waals surface area contributed by atoms with Crippen molar-refractivity contribution in [2.45, 2.75) is 124 Å². The molecule has 1 nitrogen and oxygen atoms in total. The van der Waals surface area contributed by atoms with Crippen LogP contribution in [0.4, 0.5) is 5.69 Å². The van der Waals surface area contributed by atoms with Gasteiger partial charge in [-0.25, -0.2) is 0 Å². The fourth-order valence-corrected chi connectivity index (χ4v) is 4.13. The van der Waals surface area contributed by atoms with E-state index in [2.05, 4.69) is 33.8 Å². The van der Waals surface area contributed by atoms with Crippen LogP contribution in [-0.2, 0) is 12.8 Å². The SMILES string of the molecule is CCCCCCCCCCCCCCCc1cc(N)c(CC)c(C)c1C.Cl. The molecular formula is C25H46ClN. The zero-order valence-corrected chi connectivity index (χ0v) is 19.5. The number of hydrogen-bond donors (Lipinski definition) is 1. The Hall–Kier alpha value is -0.690. The van der Waals surface area contributed by atoms with E-state index in [1.54, 1.807) is 0 Å². The minimum Gasteiger partial charge on any atom is -0.398 e. The van der Waals surface area contributed by atoms with Gasteiger partial charge in [-0.15, -0.1) is 12.4 Å². The van der Waals surface area contributed by atoms with Crippen molar-refractivity contribution in [3.63, 3.8) is 0 Å². The van der Waals surface area contributed by atoms with Crippen molar-refractivity contribution in [1.82, 2.24) is 0 Å². The summed E-state index contributed by atoms with van der Waals surface area (Å²) in [5.41, 5.74) is 12.9. The van der Waals surface area contributed by atoms with E-state index in [1.165, 1.54) is 112 Å². The van der Waals surface area contributed by atoms with Gasteiger partial charge < -0.3 is 5.73 Å². The molecule has 1 aromatic carbocycles. The fourth-order valence-electron chi connectivity index (χ4n) is 4.13. The van der Waals surface area contributed by atoms with Crippen molar-refractivity contribution >= 4 is 18.1 Å². The number of hydrogen-bond acceptors (Lipinski definition) is 1. The molecule has 0 saturated heterocycles. The summed E-state index contributed by atoms with van der Waals surface area (Å²) in [5, 5.41) is 0. The number of benzene rings is 1. The lowest BCUT2D eigenvalue weighted by Gasteiger charge is -2.15. The van der Waals surface area contributed by atoms with E-state index in [4.69, 9.17) is 5.73 Å². The Balaban J connectivity index is 0.00000676. The molecule has 0 bridgehead atoms. The van der Waals surface area contributed by atoms with Gasteiger partial charge in [-0.1, -0.05) is 90.9 Å². The summed E-state index contributed by atoms with van der Waals surface area (Å²) in [6, 6.07) is 2.24. The van der Waals surface area contributed by atoms with Crippen LogP contribution in [0.25, 0.3) is 0 Å². The number of halogens is 1. The van der Waals surface area contributed by atoms with Gasteiger partial charge in [0.25, 0.3) is 0 Å². The topological polar surface area (TPSA) is 26.0 Å². The highest BCUT2D eigenvalue weighted by molar-refractivity contribution is 5.85. The maximum absolute atomic E-state index is 6.25. The molecule has 27 heavy (non-hydrogen) atoms. The van der Waals surface area contributed by atoms with Crippen LogP contribution in [0.5, 0.6) is 0 Å². The molecule has 0 amide bonds. The van der Waals surface area contributed by atoms with Gasteiger partial charge >= 0.3 is 0 Å². The highest BCUT2D eigenvalue weighted by atomic mass is 35.5. The predicted molar refractivity (Wildman–Crippen MR) is 126 cm³/mol. The molecule has 0 unspecified atom stereocenters. The van der Waals surface area contributed by atoms with Gasteiger partial charge in [-0.3, -0.25) is 0 Å². The molecule has 1 aromatic rings. The van der Waals surface area contributed by atoms with Gasteiger partial charge in [0.1, 0.15) is 0 Å². The molecule has 0 aromatic heterocycles. The lowest BCUT2D eigenvalue weighted by molar-refractivity contribution is 0.539. The molecule has 0 aliphatic carbocycles. The van der Waals surface area contributed by atoms with E-state index < -0.39 is 0 Å². The Morgan fingerprint density at radius 1 is 0.667 bits per heavy atom. The Labute approximate surface area is 176 Å². The first-order valence-corrected chi connectivity index (χ1v) is 11.5. The van der Waals surface area contributed by atoms with Gasteiger partial charge in [-0.2, -0.15) is 0 Å². The van der Waals surface area contributed by atoms with Gasteiger partial charge in [0.05, 0.1) is 0 Å². The number of anilines is 1. The van der Waals surface area contributed by atoms with Crippen molar-refractivity contribution in [1.29, 1.82) is 0 Å². The van der Waals surface area contributed by atoms with Crippen LogP contribution >= 0.6 is 12.4 Å². The van der Waals surface area contributed by atoms with E-state index in [-0.39, 0.29) is 12.4 Å². The predicted octanol–water partition coefficient (Wildman–Crippen LogP) is 8.50. The third-order valence-electron chi connectivity index (χ3n) is 6.08. The third kappa shape index (κ3) is 10.4. The molecule has 0 saturated carbocycles. The van der Waals surface area contributed by atoms with Crippen LogP contribution in [0.15, 0.2) is 6.07 Å². The average Bonchev–Trinajstić information content (AvgIpc) is 2.63. The molecule has 0 heterocycles. The van der Waals surface area contributed by atoms with Crippen LogP contribution in [-0.4, -0.2) is 0 Å². The zero-order valence-electron chi connectivity index (χ0n) is 18.7. The first kappa shape index (κ1) is 26.3. The quantitative estimate of drug-likeness (QED) is 0.233. The van der Waals surface area contributed by atoms with E-state index in [0.717, 1.165) is 12.1 Å². The highest BCUT2D eigenvalue weighted by Crippen LogP contribution is 2.26. The van der Waals surface area contributed by atoms with Crippen molar-refractivity contribution in [2.24, 2.45) is 0 Å². The molecule has 158 valence electrons. The van der Waals surface area contributed by atoms with Crippen LogP contribution in [0.2, 0.25) is 0 Å². The van der Waals surface area contributed by atoms with Crippen LogP contribution in [0.3, 0.4) is 0 Å². The molecule has 1 rings (SSSR count). The summed E-state index contributed by atoms with van der Waals surface area (Å²) in [4.78, 5) is 0. The van der Waals surface area contributed by atoms with E-state index in [9.17, 15) is 0 Å². The minimum absolute atomic E-state index is 0. The lowest BCUT2D eigenvalue weighted by atomic mass is 9.92. The van der Waals surface area contributed by atoms with Crippen LogP contribution in [0.1, 0.15) is 120 Å².